The summed E-state index contributed by atoms with van der Waals surface area (Å²) < 4.78 is 5.99. The van der Waals surface area contributed by atoms with E-state index in [0.717, 1.165) is 29.8 Å². The van der Waals surface area contributed by atoms with Crippen molar-refractivity contribution in [3.63, 3.8) is 0 Å². The van der Waals surface area contributed by atoms with Crippen molar-refractivity contribution in [2.45, 2.75) is 38.3 Å². The second kappa shape index (κ2) is 7.13. The van der Waals surface area contributed by atoms with Gasteiger partial charge in [0, 0.05) is 30.4 Å². The number of nitrogens with one attached hydrogen (secondary N) is 1. The van der Waals surface area contributed by atoms with E-state index in [9.17, 15) is 10.1 Å². The minimum absolute atomic E-state index is 0.114. The molecule has 1 saturated carbocycles. The predicted octanol–water partition coefficient (Wildman–Crippen LogP) is 4.53. The van der Waals surface area contributed by atoms with Crippen LogP contribution >= 0.6 is 0 Å². The first kappa shape index (κ1) is 15.3. The Bertz CT molecular complexity index is 681. The van der Waals surface area contributed by atoms with Gasteiger partial charge in [-0.05, 0) is 43.4 Å². The minimum atomic E-state index is -0.375. The Hall–Kier alpha value is -2.56. The maximum absolute atomic E-state index is 10.8. The van der Waals surface area contributed by atoms with Gasteiger partial charge in [0.15, 0.2) is 0 Å². The molecule has 5 heteroatoms. The minimum Gasteiger partial charge on any atom is -0.490 e. The summed E-state index contributed by atoms with van der Waals surface area (Å²) in [5, 5.41) is 14.1. The monoisotopic (exact) mass is 312 g/mol. The molecule has 1 aliphatic rings. The van der Waals surface area contributed by atoms with Gasteiger partial charge in [0.1, 0.15) is 5.75 Å². The number of ether oxygens (including phenoxy) is 1. The lowest BCUT2D eigenvalue weighted by Crippen LogP contribution is -2.11. The zero-order chi connectivity index (χ0) is 16.1. The van der Waals surface area contributed by atoms with E-state index in [2.05, 4.69) is 5.32 Å². The molecule has 0 heterocycles. The molecule has 0 radical (unpaired) electrons. The molecule has 0 unspecified atom stereocenters. The van der Waals surface area contributed by atoms with Crippen LogP contribution < -0.4 is 10.1 Å². The molecule has 0 atom stereocenters. The molecule has 5 nitrogen and oxygen atoms in total. The summed E-state index contributed by atoms with van der Waals surface area (Å²) >= 11 is 0. The summed E-state index contributed by atoms with van der Waals surface area (Å²) in [5.41, 5.74) is 1.94. The van der Waals surface area contributed by atoms with Gasteiger partial charge in [0.25, 0.3) is 5.69 Å². The van der Waals surface area contributed by atoms with E-state index in [1.165, 1.54) is 18.9 Å². The van der Waals surface area contributed by atoms with Crippen molar-refractivity contribution in [1.82, 2.24) is 0 Å². The summed E-state index contributed by atoms with van der Waals surface area (Å²) in [4.78, 5) is 10.4. The van der Waals surface area contributed by atoms with Gasteiger partial charge >= 0.3 is 0 Å². The quantitative estimate of drug-likeness (QED) is 0.629. The first-order valence-electron chi connectivity index (χ1n) is 7.94. The Kier molecular flexibility index (Phi) is 4.76. The summed E-state index contributed by atoms with van der Waals surface area (Å²) in [6.07, 6.45) is 5.09. The van der Waals surface area contributed by atoms with Crippen molar-refractivity contribution in [1.29, 1.82) is 0 Å². The van der Waals surface area contributed by atoms with Crippen molar-refractivity contribution < 1.29 is 9.66 Å². The molecule has 0 saturated heterocycles. The van der Waals surface area contributed by atoms with Gasteiger partial charge in [0.05, 0.1) is 11.0 Å². The van der Waals surface area contributed by atoms with Crippen LogP contribution in [-0.2, 0) is 6.54 Å². The Morgan fingerprint density at radius 1 is 1.13 bits per heavy atom. The van der Waals surface area contributed by atoms with Crippen molar-refractivity contribution >= 4 is 11.4 Å². The highest BCUT2D eigenvalue weighted by atomic mass is 16.6. The number of hydrogen-bond donors (Lipinski definition) is 1. The van der Waals surface area contributed by atoms with Crippen LogP contribution in [0.2, 0.25) is 0 Å². The Morgan fingerprint density at radius 2 is 1.91 bits per heavy atom. The van der Waals surface area contributed by atoms with Crippen molar-refractivity contribution in [2.24, 2.45) is 0 Å². The molecule has 1 N–H and O–H groups in total. The van der Waals surface area contributed by atoms with Gasteiger partial charge in [-0.25, -0.2) is 0 Å². The third kappa shape index (κ3) is 4.22. The number of non-ortho nitro benzene ring substituents is 1. The van der Waals surface area contributed by atoms with E-state index in [-0.39, 0.29) is 10.6 Å². The van der Waals surface area contributed by atoms with Gasteiger partial charge < -0.3 is 10.1 Å². The van der Waals surface area contributed by atoms with Crippen LogP contribution in [0.5, 0.6) is 5.75 Å². The van der Waals surface area contributed by atoms with Gasteiger partial charge in [-0.15, -0.1) is 0 Å². The van der Waals surface area contributed by atoms with E-state index in [0.29, 0.717) is 12.6 Å². The van der Waals surface area contributed by atoms with E-state index in [4.69, 9.17) is 4.74 Å². The number of hydrogen-bond acceptors (Lipinski definition) is 4. The summed E-state index contributed by atoms with van der Waals surface area (Å²) in [7, 11) is 0. The molecule has 0 bridgehead atoms. The average Bonchev–Trinajstić information content (AvgIpc) is 3.06. The Morgan fingerprint density at radius 3 is 2.70 bits per heavy atom. The van der Waals surface area contributed by atoms with Crippen molar-refractivity contribution in [2.75, 3.05) is 5.32 Å². The molecule has 3 rings (SSSR count). The molecule has 1 fully saturated rings. The number of nitro groups is 1. The van der Waals surface area contributed by atoms with Crippen LogP contribution in [0.1, 0.15) is 31.2 Å². The molecule has 0 aliphatic heterocycles. The fourth-order valence-corrected chi connectivity index (χ4v) is 2.86. The van der Waals surface area contributed by atoms with Crippen LogP contribution in [0.4, 0.5) is 11.4 Å². The molecule has 120 valence electrons. The van der Waals surface area contributed by atoms with E-state index >= 15 is 0 Å². The smallest absolute Gasteiger partial charge is 0.269 e. The third-order valence-electron chi connectivity index (χ3n) is 4.06. The molecule has 23 heavy (non-hydrogen) atoms. The summed E-state index contributed by atoms with van der Waals surface area (Å²) in [6, 6.07) is 14.5. The van der Waals surface area contributed by atoms with Crippen molar-refractivity contribution in [3.8, 4) is 5.75 Å². The highest BCUT2D eigenvalue weighted by Crippen LogP contribution is 2.26. The Balaban J connectivity index is 1.61. The Labute approximate surface area is 135 Å². The molecular weight excluding hydrogens is 292 g/mol. The van der Waals surface area contributed by atoms with E-state index in [1.807, 2.05) is 30.3 Å². The van der Waals surface area contributed by atoms with Crippen LogP contribution in [0.3, 0.4) is 0 Å². The van der Waals surface area contributed by atoms with Crippen LogP contribution in [-0.4, -0.2) is 11.0 Å². The fraction of sp³-hybridized carbons (Fsp3) is 0.333. The van der Waals surface area contributed by atoms with E-state index < -0.39 is 0 Å². The number of rotatable bonds is 6. The second-order valence-corrected chi connectivity index (χ2v) is 5.83. The maximum Gasteiger partial charge on any atom is 0.269 e. The number of anilines is 1. The van der Waals surface area contributed by atoms with Gasteiger partial charge in [0.2, 0.25) is 0 Å². The first-order valence-corrected chi connectivity index (χ1v) is 7.94. The van der Waals surface area contributed by atoms with Crippen molar-refractivity contribution in [3.05, 3.63) is 64.2 Å². The lowest BCUT2D eigenvalue weighted by atomic mass is 10.2. The van der Waals surface area contributed by atoms with Crippen LogP contribution in [0.15, 0.2) is 48.5 Å². The molecule has 2 aromatic carbocycles. The molecule has 0 aromatic heterocycles. The highest BCUT2D eigenvalue weighted by molar-refractivity contribution is 5.49. The predicted molar refractivity (Wildman–Crippen MR) is 89.7 cm³/mol. The molecular formula is C18H20N2O3. The number of nitro benzene ring substituents is 1. The normalized spacial score (nSPS) is 14.6. The zero-order valence-corrected chi connectivity index (χ0v) is 12.9. The van der Waals surface area contributed by atoms with Gasteiger partial charge in [-0.2, -0.15) is 0 Å². The molecule has 0 spiro atoms. The number of benzene rings is 2. The maximum atomic E-state index is 10.8. The molecule has 2 aromatic rings. The topological polar surface area (TPSA) is 64.4 Å². The first-order chi connectivity index (χ1) is 11.2. The van der Waals surface area contributed by atoms with Gasteiger partial charge in [-0.3, -0.25) is 10.1 Å². The lowest BCUT2D eigenvalue weighted by molar-refractivity contribution is -0.384. The zero-order valence-electron chi connectivity index (χ0n) is 12.9. The highest BCUT2D eigenvalue weighted by Gasteiger charge is 2.16. The molecule has 0 amide bonds. The third-order valence-corrected chi connectivity index (χ3v) is 4.06. The van der Waals surface area contributed by atoms with Crippen LogP contribution in [0, 0.1) is 10.1 Å². The summed E-state index contributed by atoms with van der Waals surface area (Å²) in [5.74, 6) is 0.876. The molecule has 1 aliphatic carbocycles. The number of nitrogens with zero attached hydrogens (tertiary/aromatic N) is 1. The SMILES string of the molecule is O=[N+]([O-])c1cccc(CNc2cccc(OC3CCCC3)c2)c1. The van der Waals surface area contributed by atoms with Crippen LogP contribution in [0.25, 0.3) is 0 Å². The average molecular weight is 312 g/mol. The van der Waals surface area contributed by atoms with E-state index in [1.54, 1.807) is 12.1 Å². The lowest BCUT2D eigenvalue weighted by Gasteiger charge is -2.14. The summed E-state index contributed by atoms with van der Waals surface area (Å²) in [6.45, 7) is 0.536. The van der Waals surface area contributed by atoms with Gasteiger partial charge in [-0.1, -0.05) is 18.2 Å². The fourth-order valence-electron chi connectivity index (χ4n) is 2.86. The standard InChI is InChI=1S/C18H20N2O3/c21-20(22)16-7-3-5-14(11-16)13-19-15-6-4-10-18(12-15)23-17-8-1-2-9-17/h3-7,10-12,17,19H,1-2,8-9,13H2. The largest absolute Gasteiger partial charge is 0.490 e. The second-order valence-electron chi connectivity index (χ2n) is 5.83.